The molecule has 84 valence electrons. The third-order valence-electron chi connectivity index (χ3n) is 3.33. The van der Waals surface area contributed by atoms with Crippen molar-refractivity contribution in [2.75, 3.05) is 19.6 Å². The van der Waals surface area contributed by atoms with E-state index in [1.54, 1.807) is 0 Å². The van der Waals surface area contributed by atoms with E-state index in [0.717, 1.165) is 13.1 Å². The molecular weight excluding hydrogens is 188 g/mol. The first-order chi connectivity index (χ1) is 7.33. The van der Waals surface area contributed by atoms with Crippen LogP contribution in [0, 0.1) is 0 Å². The molecule has 1 fully saturated rings. The van der Waals surface area contributed by atoms with E-state index in [9.17, 15) is 0 Å². The lowest BCUT2D eigenvalue weighted by molar-refractivity contribution is 0.196. The number of likely N-dealkylation sites (tertiary alicyclic amines) is 1. The van der Waals surface area contributed by atoms with Crippen LogP contribution in [0.4, 0.5) is 0 Å². The van der Waals surface area contributed by atoms with Crippen molar-refractivity contribution in [1.82, 2.24) is 14.7 Å². The average molecular weight is 208 g/mol. The summed E-state index contributed by atoms with van der Waals surface area (Å²) in [6.07, 6.45) is 6.44. The van der Waals surface area contributed by atoms with Crippen LogP contribution in [0.3, 0.4) is 0 Å². The Kier molecular flexibility index (Phi) is 3.38. The highest BCUT2D eigenvalue weighted by molar-refractivity contribution is 4.89. The molecule has 2 unspecified atom stereocenters. The second-order valence-corrected chi connectivity index (χ2v) is 4.26. The van der Waals surface area contributed by atoms with Crippen LogP contribution in [0.25, 0.3) is 0 Å². The van der Waals surface area contributed by atoms with Gasteiger partial charge >= 0.3 is 0 Å². The van der Waals surface area contributed by atoms with E-state index in [0.29, 0.717) is 12.1 Å². The highest BCUT2D eigenvalue weighted by Crippen LogP contribution is 2.25. The molecule has 1 aromatic rings. The lowest BCUT2D eigenvalue weighted by atomic mass is 10.1. The molecule has 2 N–H and O–H groups in total. The molecule has 15 heavy (non-hydrogen) atoms. The molecule has 4 nitrogen and oxygen atoms in total. The van der Waals surface area contributed by atoms with Gasteiger partial charge in [-0.1, -0.05) is 0 Å². The van der Waals surface area contributed by atoms with Gasteiger partial charge in [-0.3, -0.25) is 9.58 Å². The molecule has 0 radical (unpaired) electrons. The number of nitrogens with zero attached hydrogens (tertiary/aromatic N) is 3. The number of hydrogen-bond acceptors (Lipinski definition) is 3. The van der Waals surface area contributed by atoms with Gasteiger partial charge in [0, 0.05) is 31.5 Å². The first-order valence-corrected chi connectivity index (χ1v) is 5.76. The van der Waals surface area contributed by atoms with E-state index in [1.165, 1.54) is 19.4 Å². The second kappa shape index (κ2) is 4.77. The lowest BCUT2D eigenvalue weighted by Gasteiger charge is -2.29. The third-order valence-corrected chi connectivity index (χ3v) is 3.33. The first kappa shape index (κ1) is 10.6. The molecule has 0 amide bonds. The van der Waals surface area contributed by atoms with Crippen molar-refractivity contribution in [2.24, 2.45) is 5.73 Å². The maximum Gasteiger partial charge on any atom is 0.0646 e. The largest absolute Gasteiger partial charge is 0.329 e. The number of aromatic nitrogens is 2. The minimum Gasteiger partial charge on any atom is -0.329 e. The van der Waals surface area contributed by atoms with Gasteiger partial charge in [0.15, 0.2) is 0 Å². The molecule has 0 aliphatic carbocycles. The van der Waals surface area contributed by atoms with Crippen LogP contribution in [0.2, 0.25) is 0 Å². The van der Waals surface area contributed by atoms with E-state index in [-0.39, 0.29) is 0 Å². The summed E-state index contributed by atoms with van der Waals surface area (Å²) in [4.78, 5) is 2.49. The Balaban J connectivity index is 2.03. The molecule has 2 heterocycles. The maximum absolute atomic E-state index is 5.63. The van der Waals surface area contributed by atoms with Crippen LogP contribution in [0.15, 0.2) is 18.5 Å². The topological polar surface area (TPSA) is 47.1 Å². The molecule has 0 aromatic carbocycles. The van der Waals surface area contributed by atoms with E-state index in [1.807, 2.05) is 18.5 Å². The lowest BCUT2D eigenvalue weighted by Crippen LogP contribution is -2.38. The van der Waals surface area contributed by atoms with Crippen LogP contribution in [-0.4, -0.2) is 40.4 Å². The monoisotopic (exact) mass is 208 g/mol. The zero-order valence-electron chi connectivity index (χ0n) is 9.34. The van der Waals surface area contributed by atoms with E-state index < -0.39 is 0 Å². The molecule has 0 bridgehead atoms. The molecule has 1 aliphatic heterocycles. The van der Waals surface area contributed by atoms with E-state index >= 15 is 0 Å². The Bertz CT molecular complexity index is 283. The summed E-state index contributed by atoms with van der Waals surface area (Å²) in [7, 11) is 0. The molecule has 2 atom stereocenters. The molecule has 1 aromatic heterocycles. The predicted molar refractivity (Wildman–Crippen MR) is 60.6 cm³/mol. The fourth-order valence-electron chi connectivity index (χ4n) is 2.54. The minimum absolute atomic E-state index is 0.453. The van der Waals surface area contributed by atoms with Gasteiger partial charge in [-0.25, -0.2) is 0 Å². The van der Waals surface area contributed by atoms with Gasteiger partial charge in [-0.15, -0.1) is 0 Å². The molecular formula is C11H20N4. The number of hydrogen-bond donors (Lipinski definition) is 1. The van der Waals surface area contributed by atoms with Crippen molar-refractivity contribution in [3.63, 3.8) is 0 Å². The van der Waals surface area contributed by atoms with Gasteiger partial charge in [0.2, 0.25) is 0 Å². The van der Waals surface area contributed by atoms with Crippen LogP contribution >= 0.6 is 0 Å². The van der Waals surface area contributed by atoms with Gasteiger partial charge in [0.1, 0.15) is 0 Å². The van der Waals surface area contributed by atoms with Crippen LogP contribution < -0.4 is 5.73 Å². The van der Waals surface area contributed by atoms with Gasteiger partial charge in [0.25, 0.3) is 0 Å². The second-order valence-electron chi connectivity index (χ2n) is 4.26. The SMILES string of the molecule is CC(C1CCCN1CCN)n1cccn1. The molecule has 1 aliphatic rings. The summed E-state index contributed by atoms with van der Waals surface area (Å²) in [5.74, 6) is 0. The fraction of sp³-hybridized carbons (Fsp3) is 0.727. The van der Waals surface area contributed by atoms with Gasteiger partial charge < -0.3 is 5.73 Å². The Morgan fingerprint density at radius 2 is 2.47 bits per heavy atom. The molecule has 1 saturated heterocycles. The Morgan fingerprint density at radius 1 is 1.60 bits per heavy atom. The van der Waals surface area contributed by atoms with Crippen molar-refractivity contribution in [3.05, 3.63) is 18.5 Å². The fourth-order valence-corrected chi connectivity index (χ4v) is 2.54. The molecule has 0 saturated carbocycles. The summed E-state index contributed by atoms with van der Waals surface area (Å²) in [6, 6.07) is 3.04. The standard InChI is InChI=1S/C11H20N4/c1-10(15-8-3-6-13-15)11-4-2-7-14(11)9-5-12/h3,6,8,10-11H,2,4-5,7,9,12H2,1H3. The van der Waals surface area contributed by atoms with Gasteiger partial charge in [0.05, 0.1) is 6.04 Å². The molecule has 0 spiro atoms. The van der Waals surface area contributed by atoms with Crippen LogP contribution in [-0.2, 0) is 0 Å². The van der Waals surface area contributed by atoms with Crippen molar-refractivity contribution in [2.45, 2.75) is 31.8 Å². The summed E-state index contributed by atoms with van der Waals surface area (Å²) < 4.78 is 2.06. The Labute approximate surface area is 91.1 Å². The molecule has 4 heteroatoms. The minimum atomic E-state index is 0.453. The van der Waals surface area contributed by atoms with Crippen molar-refractivity contribution in [3.8, 4) is 0 Å². The van der Waals surface area contributed by atoms with E-state index in [4.69, 9.17) is 5.73 Å². The molecule has 2 rings (SSSR count). The maximum atomic E-state index is 5.63. The van der Waals surface area contributed by atoms with Crippen molar-refractivity contribution in [1.29, 1.82) is 0 Å². The number of rotatable bonds is 4. The summed E-state index contributed by atoms with van der Waals surface area (Å²) in [5, 5.41) is 4.31. The third kappa shape index (κ3) is 2.21. The summed E-state index contributed by atoms with van der Waals surface area (Å²) >= 11 is 0. The van der Waals surface area contributed by atoms with Gasteiger partial charge in [-0.2, -0.15) is 5.10 Å². The Hall–Kier alpha value is -0.870. The highest BCUT2D eigenvalue weighted by Gasteiger charge is 2.29. The van der Waals surface area contributed by atoms with Crippen molar-refractivity contribution >= 4 is 0 Å². The van der Waals surface area contributed by atoms with Crippen LogP contribution in [0.5, 0.6) is 0 Å². The number of nitrogens with two attached hydrogens (primary N) is 1. The normalized spacial score (nSPS) is 24.5. The van der Waals surface area contributed by atoms with Crippen LogP contribution in [0.1, 0.15) is 25.8 Å². The summed E-state index contributed by atoms with van der Waals surface area (Å²) in [5.41, 5.74) is 5.63. The summed E-state index contributed by atoms with van der Waals surface area (Å²) in [6.45, 7) is 5.19. The average Bonchev–Trinajstić information content (AvgIpc) is 2.87. The smallest absolute Gasteiger partial charge is 0.0646 e. The van der Waals surface area contributed by atoms with E-state index in [2.05, 4.69) is 21.6 Å². The van der Waals surface area contributed by atoms with Gasteiger partial charge in [-0.05, 0) is 32.4 Å². The predicted octanol–water partition coefficient (Wildman–Crippen LogP) is 0.867. The first-order valence-electron chi connectivity index (χ1n) is 5.76. The van der Waals surface area contributed by atoms with Crippen molar-refractivity contribution < 1.29 is 0 Å². The quantitative estimate of drug-likeness (QED) is 0.798. The highest BCUT2D eigenvalue weighted by atomic mass is 15.3. The zero-order valence-corrected chi connectivity index (χ0v) is 9.34. The Morgan fingerprint density at radius 3 is 3.13 bits per heavy atom. The zero-order chi connectivity index (χ0) is 10.7.